The molecule has 1 amide bonds. The highest BCUT2D eigenvalue weighted by Gasteiger charge is 2.12. The van der Waals surface area contributed by atoms with Crippen LogP contribution in [-0.4, -0.2) is 25.8 Å². The summed E-state index contributed by atoms with van der Waals surface area (Å²) in [4.78, 5) is 27.5. The van der Waals surface area contributed by atoms with E-state index in [4.69, 9.17) is 0 Å². The van der Waals surface area contributed by atoms with Crippen molar-refractivity contribution in [2.45, 2.75) is 12.8 Å². The third-order valence-electron chi connectivity index (χ3n) is 2.92. The number of carbonyl (C=O) groups excluding carboxylic acids is 1. The Hall–Kier alpha value is -2.54. The van der Waals surface area contributed by atoms with Gasteiger partial charge in [0.25, 0.3) is 0 Å². The molecule has 21 heavy (non-hydrogen) atoms. The maximum absolute atomic E-state index is 11.7. The number of fused-ring (bicyclic) bond motifs is 1. The molecule has 0 radical (unpaired) electrons. The Morgan fingerprint density at radius 3 is 3.29 bits per heavy atom. The third kappa shape index (κ3) is 2.82. The van der Waals surface area contributed by atoms with E-state index in [9.17, 15) is 4.79 Å². The summed E-state index contributed by atoms with van der Waals surface area (Å²) < 4.78 is 0. The summed E-state index contributed by atoms with van der Waals surface area (Å²) in [6, 6.07) is 1.91. The maximum atomic E-state index is 11.7. The number of rotatable bonds is 5. The van der Waals surface area contributed by atoms with Gasteiger partial charge in [-0.1, -0.05) is 6.08 Å². The topological polar surface area (TPSA) is 83.6 Å². The van der Waals surface area contributed by atoms with E-state index < -0.39 is 0 Å². The second kappa shape index (κ2) is 5.84. The van der Waals surface area contributed by atoms with E-state index in [0.717, 1.165) is 22.4 Å². The van der Waals surface area contributed by atoms with Crippen LogP contribution >= 0.6 is 11.3 Å². The molecule has 3 rings (SSSR count). The normalized spacial score (nSPS) is 10.7. The first-order valence-corrected chi connectivity index (χ1v) is 7.30. The van der Waals surface area contributed by atoms with Gasteiger partial charge in [0, 0.05) is 24.8 Å². The molecule has 0 atom stereocenters. The fraction of sp³-hybridized carbons (Fsp3) is 0.143. The van der Waals surface area contributed by atoms with Crippen molar-refractivity contribution >= 4 is 33.4 Å². The molecular formula is C14H15N5OS. The lowest BCUT2D eigenvalue weighted by Gasteiger charge is -1.99. The number of allylic oxidation sites excluding steroid dienone is 1. The number of aromatic amines is 1. The summed E-state index contributed by atoms with van der Waals surface area (Å²) in [5.41, 5.74) is 2.25. The minimum Gasteiger partial charge on any atom is -0.346 e. The lowest BCUT2D eigenvalue weighted by atomic mass is 10.2. The molecule has 0 unspecified atom stereocenters. The van der Waals surface area contributed by atoms with E-state index in [1.54, 1.807) is 6.08 Å². The van der Waals surface area contributed by atoms with E-state index in [0.29, 0.717) is 18.0 Å². The third-order valence-corrected chi connectivity index (χ3v) is 3.68. The predicted octanol–water partition coefficient (Wildman–Crippen LogP) is 3.23. The average molecular weight is 301 g/mol. The Morgan fingerprint density at radius 2 is 2.43 bits per heavy atom. The van der Waals surface area contributed by atoms with Crippen molar-refractivity contribution in [1.82, 2.24) is 19.9 Å². The second-order valence-corrected chi connectivity index (χ2v) is 5.23. The number of carbonyl (C=O) groups is 1. The Balaban J connectivity index is 0.00000176. The first kappa shape index (κ1) is 13.4. The van der Waals surface area contributed by atoms with Crippen LogP contribution in [0.15, 0.2) is 36.6 Å². The molecule has 108 valence electrons. The van der Waals surface area contributed by atoms with Gasteiger partial charge in [-0.05, 0) is 12.5 Å². The molecule has 0 spiro atoms. The number of anilines is 1. The van der Waals surface area contributed by atoms with Crippen LogP contribution in [0.2, 0.25) is 0 Å². The summed E-state index contributed by atoms with van der Waals surface area (Å²) >= 11 is 1.38. The highest BCUT2D eigenvalue weighted by molar-refractivity contribution is 7.14. The van der Waals surface area contributed by atoms with Crippen molar-refractivity contribution < 1.29 is 6.22 Å². The van der Waals surface area contributed by atoms with Gasteiger partial charge in [0.05, 0.1) is 0 Å². The molecule has 0 saturated carbocycles. The zero-order valence-electron chi connectivity index (χ0n) is 11.2. The van der Waals surface area contributed by atoms with Crippen LogP contribution < -0.4 is 5.32 Å². The monoisotopic (exact) mass is 301 g/mol. The quantitative estimate of drug-likeness (QED) is 0.709. The fourth-order valence-corrected chi connectivity index (χ4v) is 2.64. The van der Waals surface area contributed by atoms with Gasteiger partial charge >= 0.3 is 0 Å². The zero-order chi connectivity index (χ0) is 14.7. The maximum Gasteiger partial charge on any atom is 0.226 e. The molecule has 0 aliphatic carbocycles. The predicted molar refractivity (Wildman–Crippen MR) is 85.2 cm³/mol. The summed E-state index contributed by atoms with van der Waals surface area (Å²) in [5.74, 6) is -0.0646. The number of hydrogen-bond donors (Lipinski definition) is 2. The SMILES string of the molecule is C=CCCC(=O)Nc1nc(-c2ncnc3[nH]ccc23)cs1.[HH]. The van der Waals surface area contributed by atoms with Crippen molar-refractivity contribution in [3.63, 3.8) is 0 Å². The van der Waals surface area contributed by atoms with Gasteiger partial charge in [-0.15, -0.1) is 17.9 Å². The molecule has 2 N–H and O–H groups in total. The molecule has 0 aromatic carbocycles. The highest BCUT2D eigenvalue weighted by Crippen LogP contribution is 2.28. The van der Waals surface area contributed by atoms with Crippen LogP contribution in [0.5, 0.6) is 0 Å². The molecule has 0 aliphatic rings. The second-order valence-electron chi connectivity index (χ2n) is 4.38. The van der Waals surface area contributed by atoms with Crippen LogP contribution in [0.25, 0.3) is 22.4 Å². The van der Waals surface area contributed by atoms with E-state index in [-0.39, 0.29) is 7.33 Å². The lowest BCUT2D eigenvalue weighted by molar-refractivity contribution is -0.116. The smallest absolute Gasteiger partial charge is 0.226 e. The molecular weight excluding hydrogens is 286 g/mol. The van der Waals surface area contributed by atoms with Crippen LogP contribution in [0, 0.1) is 0 Å². The number of hydrogen-bond acceptors (Lipinski definition) is 5. The van der Waals surface area contributed by atoms with Gasteiger partial charge < -0.3 is 10.3 Å². The number of amides is 1. The first-order chi connectivity index (χ1) is 10.3. The molecule has 3 heterocycles. The highest BCUT2D eigenvalue weighted by atomic mass is 32.1. The molecule has 0 fully saturated rings. The summed E-state index contributed by atoms with van der Waals surface area (Å²) in [6.45, 7) is 3.60. The van der Waals surface area contributed by atoms with Gasteiger partial charge in [-0.3, -0.25) is 4.79 Å². The Bertz CT molecular complexity index is 797. The molecule has 0 aliphatic heterocycles. The zero-order valence-corrected chi connectivity index (χ0v) is 12.0. The summed E-state index contributed by atoms with van der Waals surface area (Å²) in [7, 11) is 0. The van der Waals surface area contributed by atoms with Crippen molar-refractivity contribution in [2.75, 3.05) is 5.32 Å². The van der Waals surface area contributed by atoms with Gasteiger partial charge in [0.15, 0.2) is 5.13 Å². The summed E-state index contributed by atoms with van der Waals surface area (Å²) in [6.07, 6.45) is 6.09. The standard InChI is InChI=1S/C14H13N5OS.H2/c1-2-3-4-11(20)19-14-18-10(7-21-14)12-9-5-6-15-13(9)17-8-16-12;/h2,5-8H,1,3-4H2,(H,15,16,17)(H,18,19,20);1H. The van der Waals surface area contributed by atoms with Crippen molar-refractivity contribution in [1.29, 1.82) is 0 Å². The number of H-pyrrole nitrogens is 1. The fourth-order valence-electron chi connectivity index (χ4n) is 1.93. The van der Waals surface area contributed by atoms with E-state index in [1.807, 2.05) is 17.6 Å². The van der Waals surface area contributed by atoms with E-state index in [2.05, 4.69) is 31.8 Å². The Kier molecular flexibility index (Phi) is 3.74. The molecule has 6 nitrogen and oxygen atoms in total. The Labute approximate surface area is 126 Å². The molecule has 0 saturated heterocycles. The molecule has 3 aromatic heterocycles. The molecule has 0 bridgehead atoms. The van der Waals surface area contributed by atoms with Crippen molar-refractivity contribution in [3.05, 3.63) is 36.6 Å². The van der Waals surface area contributed by atoms with Gasteiger partial charge in [-0.2, -0.15) is 0 Å². The largest absolute Gasteiger partial charge is 0.346 e. The number of thiazole rings is 1. The average Bonchev–Trinajstić information content (AvgIpc) is 3.13. The van der Waals surface area contributed by atoms with Gasteiger partial charge in [0.1, 0.15) is 23.4 Å². The summed E-state index contributed by atoms with van der Waals surface area (Å²) in [5, 5.41) is 6.13. The van der Waals surface area contributed by atoms with E-state index in [1.165, 1.54) is 17.7 Å². The number of aromatic nitrogens is 4. The number of nitrogens with zero attached hydrogens (tertiary/aromatic N) is 3. The number of nitrogens with one attached hydrogen (secondary N) is 2. The van der Waals surface area contributed by atoms with Crippen LogP contribution in [0.1, 0.15) is 14.3 Å². The van der Waals surface area contributed by atoms with Crippen LogP contribution in [-0.2, 0) is 4.79 Å². The molecule has 3 aromatic rings. The molecule has 7 heteroatoms. The van der Waals surface area contributed by atoms with Gasteiger partial charge in [-0.25, -0.2) is 15.0 Å². The van der Waals surface area contributed by atoms with Crippen LogP contribution in [0.3, 0.4) is 0 Å². The van der Waals surface area contributed by atoms with Crippen molar-refractivity contribution in [3.8, 4) is 11.4 Å². The van der Waals surface area contributed by atoms with Crippen molar-refractivity contribution in [2.24, 2.45) is 0 Å². The Morgan fingerprint density at radius 1 is 1.52 bits per heavy atom. The van der Waals surface area contributed by atoms with Gasteiger partial charge in [0.2, 0.25) is 5.91 Å². The first-order valence-electron chi connectivity index (χ1n) is 6.42. The minimum atomic E-state index is -0.0646. The van der Waals surface area contributed by atoms with Crippen LogP contribution in [0.4, 0.5) is 5.13 Å². The van der Waals surface area contributed by atoms with E-state index >= 15 is 0 Å². The minimum absolute atomic E-state index is 0. The lowest BCUT2D eigenvalue weighted by Crippen LogP contribution is -2.10.